The van der Waals surface area contributed by atoms with Crippen LogP contribution in [0.4, 0.5) is 10.1 Å². The van der Waals surface area contributed by atoms with Gasteiger partial charge in [0.25, 0.3) is 10.0 Å². The van der Waals surface area contributed by atoms with Crippen LogP contribution in [-0.4, -0.2) is 50.9 Å². The quantitative estimate of drug-likeness (QED) is 0.172. The van der Waals surface area contributed by atoms with E-state index in [1.165, 1.54) is 66.6 Å². The highest BCUT2D eigenvalue weighted by Gasteiger charge is 2.35. The standard InChI is InChI=1S/C35H37ClFN3O5S/c1-4-25(2)38-35(42)33(21-26-11-6-5-7-12-26)39(23-27-13-8-9-16-32(27)37)34(41)24-40(29-15-10-14-28(36)22-29)46(43,44)31-19-17-30(45-3)18-20-31/h5-20,22,25,33H,4,21,23-24H2,1-3H3,(H,38,42)/t25-,33+/m0/s1. The first-order valence-electron chi connectivity index (χ1n) is 14.8. The van der Waals surface area contributed by atoms with E-state index in [0.29, 0.717) is 12.2 Å². The summed E-state index contributed by atoms with van der Waals surface area (Å²) in [5.41, 5.74) is 1.10. The Balaban J connectivity index is 1.82. The maximum Gasteiger partial charge on any atom is 0.264 e. The normalized spacial score (nSPS) is 12.5. The second-order valence-electron chi connectivity index (χ2n) is 10.8. The molecule has 8 nitrogen and oxygen atoms in total. The predicted molar refractivity (Wildman–Crippen MR) is 178 cm³/mol. The van der Waals surface area contributed by atoms with Crippen molar-refractivity contribution in [3.05, 3.63) is 125 Å². The minimum absolute atomic E-state index is 0.0860. The fraction of sp³-hybridized carbons (Fsp3) is 0.257. The van der Waals surface area contributed by atoms with Gasteiger partial charge in [-0.05, 0) is 67.4 Å². The molecule has 0 heterocycles. The highest BCUT2D eigenvalue weighted by Crippen LogP contribution is 2.28. The van der Waals surface area contributed by atoms with Gasteiger partial charge in [-0.2, -0.15) is 0 Å². The van der Waals surface area contributed by atoms with Crippen molar-refractivity contribution in [2.45, 2.75) is 50.2 Å². The molecule has 242 valence electrons. The van der Waals surface area contributed by atoms with Gasteiger partial charge < -0.3 is 15.0 Å². The van der Waals surface area contributed by atoms with E-state index in [1.54, 1.807) is 18.2 Å². The first kappa shape index (κ1) is 34.5. The molecular weight excluding hydrogens is 629 g/mol. The maximum absolute atomic E-state index is 15.0. The molecule has 0 aliphatic heterocycles. The molecule has 0 unspecified atom stereocenters. The number of benzene rings is 4. The number of rotatable bonds is 14. The van der Waals surface area contributed by atoms with E-state index in [2.05, 4.69) is 5.32 Å². The molecule has 0 aliphatic carbocycles. The topological polar surface area (TPSA) is 96.0 Å². The van der Waals surface area contributed by atoms with Gasteiger partial charge in [-0.15, -0.1) is 0 Å². The van der Waals surface area contributed by atoms with Crippen LogP contribution in [0.2, 0.25) is 5.02 Å². The molecule has 0 saturated carbocycles. The van der Waals surface area contributed by atoms with Gasteiger partial charge in [0.1, 0.15) is 24.2 Å². The van der Waals surface area contributed by atoms with Gasteiger partial charge in [0, 0.05) is 29.6 Å². The Morgan fingerprint density at radius 2 is 1.61 bits per heavy atom. The predicted octanol–water partition coefficient (Wildman–Crippen LogP) is 6.24. The third-order valence-corrected chi connectivity index (χ3v) is 9.62. The SMILES string of the molecule is CC[C@H](C)NC(=O)[C@@H](Cc1ccccc1)N(Cc1ccccc1F)C(=O)CN(c1cccc(Cl)c1)S(=O)(=O)c1ccc(OC)cc1. The van der Waals surface area contributed by atoms with Crippen LogP contribution in [0.5, 0.6) is 5.75 Å². The van der Waals surface area contributed by atoms with E-state index in [4.69, 9.17) is 16.3 Å². The third kappa shape index (κ3) is 8.64. The zero-order valence-corrected chi connectivity index (χ0v) is 27.5. The molecule has 0 aromatic heterocycles. The number of ether oxygens (including phenoxy) is 1. The zero-order chi connectivity index (χ0) is 33.3. The number of hydrogen-bond acceptors (Lipinski definition) is 5. The van der Waals surface area contributed by atoms with Crippen LogP contribution in [0.1, 0.15) is 31.4 Å². The molecule has 0 fully saturated rings. The number of sulfonamides is 1. The Labute approximate surface area is 274 Å². The zero-order valence-electron chi connectivity index (χ0n) is 25.9. The Morgan fingerprint density at radius 3 is 2.24 bits per heavy atom. The van der Waals surface area contributed by atoms with Crippen molar-refractivity contribution in [1.82, 2.24) is 10.2 Å². The summed E-state index contributed by atoms with van der Waals surface area (Å²) in [5.74, 6) is -1.24. The Morgan fingerprint density at radius 1 is 0.935 bits per heavy atom. The van der Waals surface area contributed by atoms with Crippen LogP contribution in [0.25, 0.3) is 0 Å². The summed E-state index contributed by atoms with van der Waals surface area (Å²) in [7, 11) is -2.87. The van der Waals surface area contributed by atoms with Crippen LogP contribution in [-0.2, 0) is 32.6 Å². The molecule has 0 saturated heterocycles. The summed E-state index contributed by atoms with van der Waals surface area (Å²) < 4.78 is 49.4. The van der Waals surface area contributed by atoms with Gasteiger partial charge in [0.15, 0.2) is 0 Å². The molecule has 4 aromatic rings. The number of amides is 2. The fourth-order valence-corrected chi connectivity index (χ4v) is 6.43. The number of nitrogens with zero attached hydrogens (tertiary/aromatic N) is 2. The highest BCUT2D eigenvalue weighted by atomic mass is 35.5. The molecular formula is C35H37ClFN3O5S. The van der Waals surface area contributed by atoms with Crippen molar-refractivity contribution in [2.24, 2.45) is 0 Å². The summed E-state index contributed by atoms with van der Waals surface area (Å²) in [4.78, 5) is 29.5. The largest absolute Gasteiger partial charge is 0.497 e. The van der Waals surface area contributed by atoms with Crippen molar-refractivity contribution in [3.63, 3.8) is 0 Å². The Bertz CT molecular complexity index is 1740. The van der Waals surface area contributed by atoms with Crippen molar-refractivity contribution in [2.75, 3.05) is 18.0 Å². The number of nitrogens with one attached hydrogen (secondary N) is 1. The Hall–Kier alpha value is -4.41. The molecule has 4 rings (SSSR count). The summed E-state index contributed by atoms with van der Waals surface area (Å²) in [6, 6.07) is 25.7. The average molecular weight is 666 g/mol. The Kier molecular flexibility index (Phi) is 11.8. The molecule has 46 heavy (non-hydrogen) atoms. The molecule has 0 spiro atoms. The van der Waals surface area contributed by atoms with E-state index < -0.39 is 40.2 Å². The molecule has 2 amide bonds. The molecule has 0 radical (unpaired) electrons. The highest BCUT2D eigenvalue weighted by molar-refractivity contribution is 7.92. The molecule has 1 N–H and O–H groups in total. The molecule has 4 aromatic carbocycles. The minimum Gasteiger partial charge on any atom is -0.497 e. The van der Waals surface area contributed by atoms with Crippen LogP contribution in [0.3, 0.4) is 0 Å². The number of carbonyl (C=O) groups is 2. The van der Waals surface area contributed by atoms with Gasteiger partial charge in [-0.1, -0.05) is 73.1 Å². The molecule has 0 bridgehead atoms. The summed E-state index contributed by atoms with van der Waals surface area (Å²) in [6.07, 6.45) is 0.763. The summed E-state index contributed by atoms with van der Waals surface area (Å²) in [6.45, 7) is 2.81. The number of anilines is 1. The maximum atomic E-state index is 15.0. The van der Waals surface area contributed by atoms with Crippen LogP contribution in [0.15, 0.2) is 108 Å². The second kappa shape index (κ2) is 15.7. The smallest absolute Gasteiger partial charge is 0.264 e. The van der Waals surface area contributed by atoms with Crippen LogP contribution < -0.4 is 14.4 Å². The third-order valence-electron chi connectivity index (χ3n) is 7.59. The van der Waals surface area contributed by atoms with Gasteiger partial charge in [0.05, 0.1) is 17.7 Å². The fourth-order valence-electron chi connectivity index (χ4n) is 4.84. The summed E-state index contributed by atoms with van der Waals surface area (Å²) in [5, 5.41) is 3.22. The van der Waals surface area contributed by atoms with Gasteiger partial charge >= 0.3 is 0 Å². The van der Waals surface area contributed by atoms with Crippen molar-refractivity contribution in [3.8, 4) is 5.75 Å². The lowest BCUT2D eigenvalue weighted by Crippen LogP contribution is -2.54. The molecule has 11 heteroatoms. The number of carbonyl (C=O) groups excluding carboxylic acids is 2. The minimum atomic E-state index is -4.34. The van der Waals surface area contributed by atoms with E-state index in [0.717, 1.165) is 9.87 Å². The molecule has 2 atom stereocenters. The molecule has 0 aliphatic rings. The van der Waals surface area contributed by atoms with Gasteiger partial charge in [-0.25, -0.2) is 12.8 Å². The van der Waals surface area contributed by atoms with Gasteiger partial charge in [0.2, 0.25) is 11.8 Å². The second-order valence-corrected chi connectivity index (χ2v) is 13.1. The van der Waals surface area contributed by atoms with E-state index >= 15 is 4.39 Å². The number of methoxy groups -OCH3 is 1. The first-order chi connectivity index (χ1) is 22.0. The van der Waals surface area contributed by atoms with Gasteiger partial charge in [-0.3, -0.25) is 13.9 Å². The van der Waals surface area contributed by atoms with E-state index in [1.807, 2.05) is 44.2 Å². The number of halogens is 2. The van der Waals surface area contributed by atoms with E-state index in [9.17, 15) is 18.0 Å². The monoisotopic (exact) mass is 665 g/mol. The average Bonchev–Trinajstić information content (AvgIpc) is 3.06. The number of hydrogen-bond donors (Lipinski definition) is 1. The lowest BCUT2D eigenvalue weighted by molar-refractivity contribution is -0.140. The van der Waals surface area contributed by atoms with E-state index in [-0.39, 0.29) is 40.2 Å². The van der Waals surface area contributed by atoms with Crippen LogP contribution >= 0.6 is 11.6 Å². The first-order valence-corrected chi connectivity index (χ1v) is 16.6. The summed E-state index contributed by atoms with van der Waals surface area (Å²) >= 11 is 6.26. The van der Waals surface area contributed by atoms with Crippen molar-refractivity contribution >= 4 is 39.1 Å². The lowest BCUT2D eigenvalue weighted by atomic mass is 10.0. The lowest BCUT2D eigenvalue weighted by Gasteiger charge is -2.34. The van der Waals surface area contributed by atoms with Crippen LogP contribution in [0, 0.1) is 5.82 Å². The van der Waals surface area contributed by atoms with Crippen molar-refractivity contribution < 1.29 is 27.1 Å². The van der Waals surface area contributed by atoms with Crippen molar-refractivity contribution in [1.29, 1.82) is 0 Å².